The van der Waals surface area contributed by atoms with Crippen molar-refractivity contribution in [1.82, 2.24) is 14.6 Å². The van der Waals surface area contributed by atoms with E-state index >= 15 is 0 Å². The van der Waals surface area contributed by atoms with E-state index in [-0.39, 0.29) is 5.65 Å². The van der Waals surface area contributed by atoms with E-state index < -0.39 is 20.0 Å². The van der Waals surface area contributed by atoms with Crippen molar-refractivity contribution < 1.29 is 12.8 Å². The summed E-state index contributed by atoms with van der Waals surface area (Å²) < 4.78 is 35.8. The molecule has 14 heavy (non-hydrogen) atoms. The van der Waals surface area contributed by atoms with Gasteiger partial charge in [0.05, 0.1) is 0 Å². The van der Waals surface area contributed by atoms with E-state index in [2.05, 4.69) is 10.1 Å². The van der Waals surface area contributed by atoms with E-state index in [1.54, 1.807) is 0 Å². The third kappa shape index (κ3) is 1.34. The second kappa shape index (κ2) is 2.89. The van der Waals surface area contributed by atoms with Crippen molar-refractivity contribution in [3.05, 3.63) is 24.3 Å². The van der Waals surface area contributed by atoms with Gasteiger partial charge in [-0.3, -0.25) is 0 Å². The Balaban J connectivity index is 2.95. The first-order chi connectivity index (χ1) is 6.50. The number of rotatable bonds is 1. The van der Waals surface area contributed by atoms with Gasteiger partial charge in [0.2, 0.25) is 5.03 Å². The van der Waals surface area contributed by atoms with E-state index in [1.165, 1.54) is 18.3 Å². The maximum atomic E-state index is 13.1. The summed E-state index contributed by atoms with van der Waals surface area (Å²) in [6.07, 6.45) is 1.31. The minimum absolute atomic E-state index is 0.0872. The fraction of sp³-hybridized carbons (Fsp3) is 0. The Kier molecular flexibility index (Phi) is 1.93. The van der Waals surface area contributed by atoms with Gasteiger partial charge in [-0.1, -0.05) is 0 Å². The molecule has 2 aromatic rings. The van der Waals surface area contributed by atoms with Gasteiger partial charge in [-0.05, 0) is 12.1 Å². The van der Waals surface area contributed by atoms with Gasteiger partial charge in [-0.15, -0.1) is 0 Å². The average Bonchev–Trinajstić information content (AvgIpc) is 2.38. The first-order valence-electron chi connectivity index (χ1n) is 3.44. The molecule has 5 nitrogen and oxygen atoms in total. The van der Waals surface area contributed by atoms with Gasteiger partial charge in [0, 0.05) is 16.9 Å². The summed E-state index contributed by atoms with van der Waals surface area (Å²) in [6.45, 7) is 0. The van der Waals surface area contributed by atoms with Gasteiger partial charge >= 0.3 is 0 Å². The molecule has 2 aromatic heterocycles. The van der Waals surface area contributed by atoms with Gasteiger partial charge in [0.1, 0.15) is 0 Å². The van der Waals surface area contributed by atoms with Crippen LogP contribution in [-0.4, -0.2) is 23.0 Å². The highest BCUT2D eigenvalue weighted by atomic mass is 35.7. The topological polar surface area (TPSA) is 64.3 Å². The van der Waals surface area contributed by atoms with Crippen LogP contribution in [-0.2, 0) is 9.05 Å². The van der Waals surface area contributed by atoms with Crippen LogP contribution >= 0.6 is 10.7 Å². The zero-order valence-electron chi connectivity index (χ0n) is 6.55. The number of hydrogen-bond donors (Lipinski definition) is 0. The molecule has 0 amide bonds. The van der Waals surface area contributed by atoms with Gasteiger partial charge < -0.3 is 0 Å². The number of hydrogen-bond acceptors (Lipinski definition) is 4. The molecule has 0 fully saturated rings. The molecule has 0 radical (unpaired) electrons. The van der Waals surface area contributed by atoms with Crippen LogP contribution in [0.3, 0.4) is 0 Å². The number of nitrogens with zero attached hydrogens (tertiary/aromatic N) is 3. The molecule has 0 bridgehead atoms. The van der Waals surface area contributed by atoms with Crippen LogP contribution in [0.15, 0.2) is 23.4 Å². The molecule has 0 unspecified atom stereocenters. The van der Waals surface area contributed by atoms with Gasteiger partial charge in [0.25, 0.3) is 15.0 Å². The largest absolute Gasteiger partial charge is 0.283 e. The highest BCUT2D eigenvalue weighted by Crippen LogP contribution is 2.18. The van der Waals surface area contributed by atoms with Crippen LogP contribution in [0.5, 0.6) is 0 Å². The summed E-state index contributed by atoms with van der Waals surface area (Å²) in [5, 5.41) is 2.88. The Morgan fingerprint density at radius 2 is 2.21 bits per heavy atom. The molecule has 0 atom stereocenters. The third-order valence-electron chi connectivity index (χ3n) is 1.54. The molecule has 0 saturated heterocycles. The van der Waals surface area contributed by atoms with Crippen molar-refractivity contribution in [2.24, 2.45) is 0 Å². The molecular weight excluding hydrogens is 233 g/mol. The number of imidazole rings is 1. The second-order valence-electron chi connectivity index (χ2n) is 2.44. The van der Waals surface area contributed by atoms with Crippen molar-refractivity contribution >= 4 is 25.4 Å². The van der Waals surface area contributed by atoms with Gasteiger partial charge in [-0.2, -0.15) is 19.0 Å². The molecule has 0 aliphatic heterocycles. The molecule has 0 spiro atoms. The number of halogens is 2. The molecule has 0 aliphatic rings. The third-order valence-corrected chi connectivity index (χ3v) is 2.78. The molecule has 74 valence electrons. The van der Waals surface area contributed by atoms with E-state index in [0.717, 1.165) is 4.52 Å². The Morgan fingerprint density at radius 3 is 2.86 bits per heavy atom. The fourth-order valence-corrected chi connectivity index (χ4v) is 2.03. The molecule has 0 aromatic carbocycles. The van der Waals surface area contributed by atoms with E-state index in [1.807, 2.05) is 0 Å². The van der Waals surface area contributed by atoms with Gasteiger partial charge in [-0.25, -0.2) is 8.42 Å². The zero-order chi connectivity index (χ0) is 10.3. The zero-order valence-corrected chi connectivity index (χ0v) is 8.13. The quantitative estimate of drug-likeness (QED) is 0.686. The van der Waals surface area contributed by atoms with Crippen molar-refractivity contribution in [3.63, 3.8) is 0 Å². The molecular formula is C6H3ClFN3O2S. The number of fused-ring (bicyclic) bond motifs is 1. The molecule has 2 heterocycles. The lowest BCUT2D eigenvalue weighted by Gasteiger charge is -1.93. The summed E-state index contributed by atoms with van der Waals surface area (Å²) >= 11 is 0. The monoisotopic (exact) mass is 235 g/mol. The highest BCUT2D eigenvalue weighted by Gasteiger charge is 2.24. The lowest BCUT2D eigenvalue weighted by molar-refractivity contribution is 0.539. The minimum Gasteiger partial charge on any atom is -0.205 e. The Hall–Kier alpha value is -1.21. The lowest BCUT2D eigenvalue weighted by atomic mass is 10.6. The highest BCUT2D eigenvalue weighted by molar-refractivity contribution is 8.13. The van der Waals surface area contributed by atoms with Crippen molar-refractivity contribution in [3.8, 4) is 0 Å². The predicted octanol–water partition coefficient (Wildman–Crippen LogP) is 0.796. The first kappa shape index (κ1) is 9.35. The van der Waals surface area contributed by atoms with E-state index in [9.17, 15) is 12.8 Å². The normalized spacial score (nSPS) is 12.1. The summed E-state index contributed by atoms with van der Waals surface area (Å²) in [6, 6.07) is 2.92. The lowest BCUT2D eigenvalue weighted by Crippen LogP contribution is -2.01. The molecule has 0 saturated carbocycles. The summed E-state index contributed by atoms with van der Waals surface area (Å²) in [7, 11) is 0.834. The van der Waals surface area contributed by atoms with Crippen LogP contribution in [0.25, 0.3) is 5.65 Å². The summed E-state index contributed by atoms with van der Waals surface area (Å²) in [5.41, 5.74) is 0.0872. The smallest absolute Gasteiger partial charge is 0.205 e. The molecule has 2 rings (SSSR count). The van der Waals surface area contributed by atoms with E-state index in [4.69, 9.17) is 10.7 Å². The standard InChI is InChI=1S/C6H3ClFN3O2S/c7-14(12,13)6-5(8)10-4-2-1-3-9-11(4)6/h1-3H. The summed E-state index contributed by atoms with van der Waals surface area (Å²) in [5.74, 6) is -1.15. The maximum absolute atomic E-state index is 13.1. The fourth-order valence-electron chi connectivity index (χ4n) is 1.04. The average molecular weight is 236 g/mol. The van der Waals surface area contributed by atoms with Crippen LogP contribution in [0.2, 0.25) is 0 Å². The van der Waals surface area contributed by atoms with Crippen molar-refractivity contribution in [1.29, 1.82) is 0 Å². The summed E-state index contributed by atoms with van der Waals surface area (Å²) in [4.78, 5) is 3.35. The number of aromatic nitrogens is 3. The second-order valence-corrected chi connectivity index (χ2v) is 4.92. The van der Waals surface area contributed by atoms with Crippen LogP contribution in [0.1, 0.15) is 0 Å². The maximum Gasteiger partial charge on any atom is 0.283 e. The molecule has 0 N–H and O–H groups in total. The minimum atomic E-state index is -4.18. The van der Waals surface area contributed by atoms with Crippen molar-refractivity contribution in [2.45, 2.75) is 5.03 Å². The van der Waals surface area contributed by atoms with E-state index in [0.29, 0.717) is 0 Å². The van der Waals surface area contributed by atoms with Crippen LogP contribution < -0.4 is 0 Å². The van der Waals surface area contributed by atoms with Crippen molar-refractivity contribution in [2.75, 3.05) is 0 Å². The Bertz CT molecular complexity index is 594. The van der Waals surface area contributed by atoms with Gasteiger partial charge in [0.15, 0.2) is 5.65 Å². The first-order valence-corrected chi connectivity index (χ1v) is 5.75. The predicted molar refractivity (Wildman–Crippen MR) is 46.0 cm³/mol. The Labute approximate surface area is 82.6 Å². The SMILES string of the molecule is O=S(=O)(Cl)c1c(F)nc2cccnn12. The molecule has 0 aliphatic carbocycles. The molecule has 8 heteroatoms. The Morgan fingerprint density at radius 1 is 1.50 bits per heavy atom. The van der Waals surface area contributed by atoms with Crippen LogP contribution in [0.4, 0.5) is 4.39 Å². The van der Waals surface area contributed by atoms with Crippen LogP contribution in [0, 0.1) is 5.95 Å².